The SMILES string of the molecule is Cn1cc(NC=O)c(N)n1. The summed E-state index contributed by atoms with van der Waals surface area (Å²) in [5.74, 6) is 0.328. The van der Waals surface area contributed by atoms with Crippen molar-refractivity contribution in [1.82, 2.24) is 9.78 Å². The maximum absolute atomic E-state index is 9.93. The van der Waals surface area contributed by atoms with Gasteiger partial charge in [0.05, 0.1) is 6.20 Å². The number of nitrogens with two attached hydrogens (primary N) is 1. The van der Waals surface area contributed by atoms with Crippen LogP contribution in [0.1, 0.15) is 0 Å². The average Bonchev–Trinajstić information content (AvgIpc) is 2.13. The third-order valence-corrected chi connectivity index (χ3v) is 1.07. The number of rotatable bonds is 2. The molecule has 1 heterocycles. The fourth-order valence-corrected chi connectivity index (χ4v) is 0.680. The summed E-state index contributed by atoms with van der Waals surface area (Å²) in [4.78, 5) is 9.93. The van der Waals surface area contributed by atoms with E-state index in [1.165, 1.54) is 4.68 Å². The van der Waals surface area contributed by atoms with Gasteiger partial charge in [0, 0.05) is 7.05 Å². The van der Waals surface area contributed by atoms with Crippen molar-refractivity contribution >= 4 is 17.9 Å². The molecule has 1 rings (SSSR count). The molecule has 10 heavy (non-hydrogen) atoms. The normalized spacial score (nSPS) is 9.30. The van der Waals surface area contributed by atoms with Crippen LogP contribution in [-0.2, 0) is 11.8 Å². The summed E-state index contributed by atoms with van der Waals surface area (Å²) < 4.78 is 1.53. The third-order valence-electron chi connectivity index (χ3n) is 1.07. The van der Waals surface area contributed by atoms with Crippen LogP contribution in [0.4, 0.5) is 11.5 Å². The fraction of sp³-hybridized carbons (Fsp3) is 0.200. The van der Waals surface area contributed by atoms with Crippen LogP contribution < -0.4 is 11.1 Å². The van der Waals surface area contributed by atoms with Gasteiger partial charge in [-0.3, -0.25) is 9.48 Å². The molecule has 5 heteroatoms. The van der Waals surface area contributed by atoms with E-state index >= 15 is 0 Å². The smallest absolute Gasteiger partial charge is 0.211 e. The van der Waals surface area contributed by atoms with Gasteiger partial charge in [-0.15, -0.1) is 0 Å². The molecule has 3 N–H and O–H groups in total. The minimum Gasteiger partial charge on any atom is -0.380 e. The summed E-state index contributed by atoms with van der Waals surface area (Å²) in [5.41, 5.74) is 5.91. The Balaban J connectivity index is 2.91. The molecule has 0 radical (unpaired) electrons. The largest absolute Gasteiger partial charge is 0.380 e. The Hall–Kier alpha value is -1.52. The summed E-state index contributed by atoms with van der Waals surface area (Å²) >= 11 is 0. The highest BCUT2D eigenvalue weighted by atomic mass is 16.1. The Labute approximate surface area is 57.8 Å². The predicted octanol–water partition coefficient (Wildman–Crippen LogP) is -0.429. The van der Waals surface area contributed by atoms with Crippen LogP contribution in [0.3, 0.4) is 0 Å². The molecule has 0 unspecified atom stereocenters. The lowest BCUT2D eigenvalue weighted by molar-refractivity contribution is -0.105. The Bertz CT molecular complexity index is 242. The first-order valence-corrected chi connectivity index (χ1v) is 2.73. The van der Waals surface area contributed by atoms with Crippen molar-refractivity contribution in [2.45, 2.75) is 0 Å². The molecule has 0 aromatic carbocycles. The van der Waals surface area contributed by atoms with Crippen LogP contribution >= 0.6 is 0 Å². The van der Waals surface area contributed by atoms with Crippen molar-refractivity contribution in [2.75, 3.05) is 11.1 Å². The van der Waals surface area contributed by atoms with Crippen molar-refractivity contribution < 1.29 is 4.79 Å². The van der Waals surface area contributed by atoms with E-state index in [1.807, 2.05) is 0 Å². The van der Waals surface area contributed by atoms with E-state index in [0.717, 1.165) is 0 Å². The van der Waals surface area contributed by atoms with Gasteiger partial charge in [-0.2, -0.15) is 5.10 Å². The van der Waals surface area contributed by atoms with E-state index in [0.29, 0.717) is 17.9 Å². The van der Waals surface area contributed by atoms with Gasteiger partial charge < -0.3 is 11.1 Å². The average molecular weight is 140 g/mol. The molecule has 0 saturated heterocycles. The predicted molar refractivity (Wildman–Crippen MR) is 37.3 cm³/mol. The lowest BCUT2D eigenvalue weighted by Crippen LogP contribution is -1.96. The number of hydrogen-bond donors (Lipinski definition) is 2. The van der Waals surface area contributed by atoms with Crippen LogP contribution in [0.15, 0.2) is 6.20 Å². The zero-order valence-corrected chi connectivity index (χ0v) is 5.53. The topological polar surface area (TPSA) is 72.9 Å². The third kappa shape index (κ3) is 1.07. The van der Waals surface area contributed by atoms with Crippen LogP contribution in [0.2, 0.25) is 0 Å². The molecule has 0 atom stereocenters. The molecular weight excluding hydrogens is 132 g/mol. The number of carbonyl (C=O) groups is 1. The first-order valence-electron chi connectivity index (χ1n) is 2.73. The standard InChI is InChI=1S/C5H8N4O/c1-9-2-4(7-3-10)5(6)8-9/h2-3H,1H3,(H2,6,8)(H,7,10). The number of aryl methyl sites for hydroxylation is 1. The number of carbonyl (C=O) groups excluding carboxylic acids is 1. The van der Waals surface area contributed by atoms with Crippen molar-refractivity contribution in [1.29, 1.82) is 0 Å². The molecule has 0 aliphatic rings. The fourth-order valence-electron chi connectivity index (χ4n) is 0.680. The second-order valence-electron chi connectivity index (χ2n) is 1.86. The maximum atomic E-state index is 9.93. The van der Waals surface area contributed by atoms with Gasteiger partial charge in [0.25, 0.3) is 0 Å². The quantitative estimate of drug-likeness (QED) is 0.547. The van der Waals surface area contributed by atoms with Gasteiger partial charge in [-0.05, 0) is 0 Å². The summed E-state index contributed by atoms with van der Waals surface area (Å²) in [6.45, 7) is 0. The van der Waals surface area contributed by atoms with E-state index < -0.39 is 0 Å². The van der Waals surface area contributed by atoms with E-state index in [-0.39, 0.29) is 0 Å². The number of nitrogens with zero attached hydrogens (tertiary/aromatic N) is 2. The summed E-state index contributed by atoms with van der Waals surface area (Å²) in [6.07, 6.45) is 2.19. The van der Waals surface area contributed by atoms with Crippen LogP contribution in [0.5, 0.6) is 0 Å². The lowest BCUT2D eigenvalue weighted by Gasteiger charge is -1.89. The molecule has 0 spiro atoms. The van der Waals surface area contributed by atoms with Crippen molar-refractivity contribution in [3.05, 3.63) is 6.20 Å². The zero-order chi connectivity index (χ0) is 7.56. The van der Waals surface area contributed by atoms with Crippen LogP contribution in [-0.4, -0.2) is 16.2 Å². The molecule has 0 saturated carbocycles. The van der Waals surface area contributed by atoms with Gasteiger partial charge in [-0.1, -0.05) is 0 Å². The van der Waals surface area contributed by atoms with Crippen LogP contribution in [0.25, 0.3) is 0 Å². The highest BCUT2D eigenvalue weighted by Crippen LogP contribution is 2.12. The Morgan fingerprint density at radius 3 is 3.00 bits per heavy atom. The summed E-state index contributed by atoms with van der Waals surface area (Å²) in [7, 11) is 1.73. The van der Waals surface area contributed by atoms with Gasteiger partial charge >= 0.3 is 0 Å². The van der Waals surface area contributed by atoms with Crippen LogP contribution in [0, 0.1) is 0 Å². The first kappa shape index (κ1) is 6.60. The lowest BCUT2D eigenvalue weighted by atomic mass is 10.5. The molecule has 54 valence electrons. The minimum absolute atomic E-state index is 0.328. The van der Waals surface area contributed by atoms with Gasteiger partial charge in [-0.25, -0.2) is 0 Å². The van der Waals surface area contributed by atoms with Gasteiger partial charge in [0.2, 0.25) is 6.41 Å². The molecule has 5 nitrogen and oxygen atoms in total. The monoisotopic (exact) mass is 140 g/mol. The molecule has 0 bridgehead atoms. The summed E-state index contributed by atoms with van der Waals surface area (Å²) in [6, 6.07) is 0. The highest BCUT2D eigenvalue weighted by molar-refractivity contribution is 5.77. The van der Waals surface area contributed by atoms with E-state index in [2.05, 4.69) is 10.4 Å². The number of nitrogens with one attached hydrogen (secondary N) is 1. The van der Waals surface area contributed by atoms with Gasteiger partial charge in [0.1, 0.15) is 5.69 Å². The van der Waals surface area contributed by atoms with E-state index in [9.17, 15) is 4.79 Å². The summed E-state index contributed by atoms with van der Waals surface area (Å²) in [5, 5.41) is 6.21. The Morgan fingerprint density at radius 1 is 1.90 bits per heavy atom. The molecule has 1 aromatic rings. The molecule has 1 aromatic heterocycles. The number of hydrogen-bond acceptors (Lipinski definition) is 3. The second kappa shape index (κ2) is 2.38. The second-order valence-corrected chi connectivity index (χ2v) is 1.86. The number of nitrogen functional groups attached to an aromatic ring is 1. The molecule has 0 fully saturated rings. The zero-order valence-electron chi connectivity index (χ0n) is 5.53. The van der Waals surface area contributed by atoms with Crippen molar-refractivity contribution in [2.24, 2.45) is 7.05 Å². The Morgan fingerprint density at radius 2 is 2.60 bits per heavy atom. The number of anilines is 2. The molecule has 0 aliphatic carbocycles. The van der Waals surface area contributed by atoms with Crippen molar-refractivity contribution in [3.8, 4) is 0 Å². The minimum atomic E-state index is 0.328. The van der Waals surface area contributed by atoms with E-state index in [1.54, 1.807) is 13.2 Å². The Kier molecular flexibility index (Phi) is 1.57. The molecule has 0 aliphatic heterocycles. The maximum Gasteiger partial charge on any atom is 0.211 e. The number of amides is 1. The highest BCUT2D eigenvalue weighted by Gasteiger charge is 1.99. The first-order chi connectivity index (χ1) is 4.74. The molecular formula is C5H8N4O. The van der Waals surface area contributed by atoms with Gasteiger partial charge in [0.15, 0.2) is 5.82 Å². The van der Waals surface area contributed by atoms with E-state index in [4.69, 9.17) is 5.73 Å². The number of aromatic nitrogens is 2. The molecule has 1 amide bonds. The van der Waals surface area contributed by atoms with Crippen molar-refractivity contribution in [3.63, 3.8) is 0 Å².